The Labute approximate surface area is 327 Å². The van der Waals surface area contributed by atoms with Gasteiger partial charge in [0.25, 0.3) is 10.0 Å². The zero-order chi connectivity index (χ0) is 44.3. The molecule has 0 amide bonds. The standard InChI is InChI=1S/C28H27N7O2S.3C2HF3O2/c1-33(38(36,37)25-8-3-2-4-9-25)23-6-5-7-24(17-23)34-12-14-35(15-13-34)28-26-16-21(22-18-31-32-19-22)10-11-27(26)29-20-30-28;3*3-2(4,5)1(6)7/h2-11,16-20H,12-15H2,1H3,(H,31,32);3*(H,6,7). The molecule has 1 aliphatic heterocycles. The number of carboxylic acids is 3. The molecule has 5 aromatic rings. The molecule has 3 heterocycles. The van der Waals surface area contributed by atoms with Crippen LogP contribution in [0.15, 0.2) is 96.4 Å². The number of halogens is 9. The molecule has 0 bridgehead atoms. The van der Waals surface area contributed by atoms with Gasteiger partial charge in [0.15, 0.2) is 0 Å². The third-order valence-electron chi connectivity index (χ3n) is 7.71. The molecule has 318 valence electrons. The molecular formula is C34H30F9N7O8S. The number of benzene rings is 3. The molecule has 4 N–H and O–H groups in total. The molecule has 1 saturated heterocycles. The average molecular weight is 868 g/mol. The van der Waals surface area contributed by atoms with Crippen molar-refractivity contribution in [3.63, 3.8) is 0 Å². The first kappa shape index (κ1) is 46.7. The lowest BCUT2D eigenvalue weighted by molar-refractivity contribution is -0.193. The maximum atomic E-state index is 13.1. The molecule has 0 radical (unpaired) electrons. The minimum Gasteiger partial charge on any atom is -0.475 e. The van der Waals surface area contributed by atoms with Crippen molar-refractivity contribution in [2.45, 2.75) is 23.4 Å². The maximum Gasteiger partial charge on any atom is 0.490 e. The Bertz CT molecular complexity index is 2250. The Hall–Kier alpha value is -6.66. The van der Waals surface area contributed by atoms with E-state index in [0.717, 1.165) is 59.7 Å². The maximum absolute atomic E-state index is 13.1. The zero-order valence-corrected chi connectivity index (χ0v) is 30.7. The number of piperazine rings is 1. The van der Waals surface area contributed by atoms with Crippen LogP contribution in [0, 0.1) is 0 Å². The third kappa shape index (κ3) is 13.2. The molecule has 59 heavy (non-hydrogen) atoms. The van der Waals surface area contributed by atoms with E-state index in [1.807, 2.05) is 48.7 Å². The molecule has 0 atom stereocenters. The van der Waals surface area contributed by atoms with Crippen molar-refractivity contribution in [3.8, 4) is 11.1 Å². The number of nitrogens with one attached hydrogen (secondary N) is 1. The van der Waals surface area contributed by atoms with Crippen LogP contribution in [0.3, 0.4) is 0 Å². The quantitative estimate of drug-likeness (QED) is 0.143. The fraction of sp³-hybridized carbons (Fsp3) is 0.235. The van der Waals surface area contributed by atoms with E-state index in [2.05, 4.69) is 36.0 Å². The van der Waals surface area contributed by atoms with Crippen molar-refractivity contribution in [1.82, 2.24) is 20.2 Å². The highest BCUT2D eigenvalue weighted by atomic mass is 32.2. The van der Waals surface area contributed by atoms with E-state index in [9.17, 15) is 47.9 Å². The van der Waals surface area contributed by atoms with E-state index in [1.165, 1.54) is 4.31 Å². The normalized spacial score (nSPS) is 13.1. The second-order valence-corrected chi connectivity index (χ2v) is 13.6. The summed E-state index contributed by atoms with van der Waals surface area (Å²) < 4.78 is 123. The van der Waals surface area contributed by atoms with Crippen LogP contribution in [0.5, 0.6) is 0 Å². The van der Waals surface area contributed by atoms with E-state index in [1.54, 1.807) is 43.8 Å². The number of anilines is 3. The number of rotatable bonds is 6. The number of fused-ring (bicyclic) bond motifs is 1. The second kappa shape index (κ2) is 19.2. The van der Waals surface area contributed by atoms with Gasteiger partial charge in [0, 0.05) is 56.1 Å². The van der Waals surface area contributed by atoms with Gasteiger partial charge in [-0.1, -0.05) is 30.3 Å². The summed E-state index contributed by atoms with van der Waals surface area (Å²) in [4.78, 5) is 40.6. The second-order valence-electron chi connectivity index (χ2n) is 11.6. The lowest BCUT2D eigenvalue weighted by atomic mass is 10.1. The molecule has 1 fully saturated rings. The van der Waals surface area contributed by atoms with Gasteiger partial charge in [0.1, 0.15) is 12.1 Å². The molecule has 15 nitrogen and oxygen atoms in total. The molecule has 0 spiro atoms. The lowest BCUT2D eigenvalue weighted by Crippen LogP contribution is -2.47. The minimum atomic E-state index is -5.08. The van der Waals surface area contributed by atoms with Crippen LogP contribution in [-0.4, -0.2) is 114 Å². The number of hydrogen-bond acceptors (Lipinski definition) is 10. The van der Waals surface area contributed by atoms with E-state index in [-0.39, 0.29) is 4.90 Å². The fourth-order valence-electron chi connectivity index (χ4n) is 4.83. The fourth-order valence-corrected chi connectivity index (χ4v) is 6.04. The van der Waals surface area contributed by atoms with Crippen LogP contribution in [0.4, 0.5) is 56.7 Å². The van der Waals surface area contributed by atoms with Gasteiger partial charge in [-0.15, -0.1) is 0 Å². The van der Waals surface area contributed by atoms with Gasteiger partial charge in [-0.3, -0.25) is 9.40 Å². The van der Waals surface area contributed by atoms with Crippen LogP contribution in [0.25, 0.3) is 22.0 Å². The molecule has 6 rings (SSSR count). The number of aromatic amines is 1. The smallest absolute Gasteiger partial charge is 0.475 e. The first-order valence-electron chi connectivity index (χ1n) is 16.1. The number of alkyl halides is 9. The van der Waals surface area contributed by atoms with E-state index in [4.69, 9.17) is 29.7 Å². The Morgan fingerprint density at radius 1 is 0.695 bits per heavy atom. The summed E-state index contributed by atoms with van der Waals surface area (Å²) in [5, 5.41) is 29.3. The number of aliphatic carboxylic acids is 3. The van der Waals surface area contributed by atoms with Crippen molar-refractivity contribution in [2.24, 2.45) is 0 Å². The Morgan fingerprint density at radius 2 is 1.22 bits per heavy atom. The molecule has 25 heteroatoms. The highest BCUT2D eigenvalue weighted by molar-refractivity contribution is 7.92. The van der Waals surface area contributed by atoms with Crippen LogP contribution < -0.4 is 14.1 Å². The Balaban J connectivity index is 0.000000365. The summed E-state index contributed by atoms with van der Waals surface area (Å²) in [7, 11) is -2.04. The van der Waals surface area contributed by atoms with Crippen molar-refractivity contribution in [3.05, 3.63) is 91.5 Å². The number of carbonyl (C=O) groups is 3. The highest BCUT2D eigenvalue weighted by Gasteiger charge is 2.39. The largest absolute Gasteiger partial charge is 0.490 e. The zero-order valence-electron chi connectivity index (χ0n) is 29.9. The highest BCUT2D eigenvalue weighted by Crippen LogP contribution is 2.31. The van der Waals surface area contributed by atoms with E-state index >= 15 is 0 Å². The van der Waals surface area contributed by atoms with Gasteiger partial charge < -0.3 is 25.1 Å². The van der Waals surface area contributed by atoms with Gasteiger partial charge >= 0.3 is 36.4 Å². The molecule has 1 aliphatic rings. The van der Waals surface area contributed by atoms with Crippen molar-refractivity contribution in [1.29, 1.82) is 0 Å². The number of aromatic nitrogens is 4. The number of H-pyrrole nitrogens is 1. The van der Waals surface area contributed by atoms with E-state index < -0.39 is 46.5 Å². The molecule has 0 aliphatic carbocycles. The molecule has 0 saturated carbocycles. The summed E-state index contributed by atoms with van der Waals surface area (Å²) in [5.41, 5.74) is 4.60. The van der Waals surface area contributed by atoms with Crippen LogP contribution in [-0.2, 0) is 24.4 Å². The summed E-state index contributed by atoms with van der Waals surface area (Å²) in [6.07, 6.45) is -9.95. The van der Waals surface area contributed by atoms with Crippen LogP contribution >= 0.6 is 0 Å². The number of hydrogen-bond donors (Lipinski definition) is 4. The molecule has 0 unspecified atom stereocenters. The van der Waals surface area contributed by atoms with E-state index in [0.29, 0.717) is 5.69 Å². The lowest BCUT2D eigenvalue weighted by Gasteiger charge is -2.37. The van der Waals surface area contributed by atoms with Crippen molar-refractivity contribution in [2.75, 3.05) is 47.3 Å². The number of nitrogens with zero attached hydrogens (tertiary/aromatic N) is 6. The first-order chi connectivity index (χ1) is 27.3. The summed E-state index contributed by atoms with van der Waals surface area (Å²) in [6, 6.07) is 22.4. The Kier molecular flexibility index (Phi) is 15.2. The SMILES string of the molecule is CN(c1cccc(N2CCN(c3ncnc4ccc(-c5cn[nH]c5)cc34)CC2)c1)S(=O)(=O)c1ccccc1.O=C(O)C(F)(F)F.O=C(O)C(F)(F)F.O=C(O)C(F)(F)F. The van der Waals surface area contributed by atoms with Gasteiger partial charge in [0.2, 0.25) is 0 Å². The topological polar surface area (TPSA) is 210 Å². The Morgan fingerprint density at radius 3 is 1.71 bits per heavy atom. The van der Waals surface area contributed by atoms with Gasteiger partial charge in [-0.25, -0.2) is 32.8 Å². The third-order valence-corrected chi connectivity index (χ3v) is 9.51. The predicted molar refractivity (Wildman–Crippen MR) is 191 cm³/mol. The molecule has 3 aromatic carbocycles. The van der Waals surface area contributed by atoms with Gasteiger partial charge in [0.05, 0.1) is 22.3 Å². The van der Waals surface area contributed by atoms with Crippen molar-refractivity contribution < 1.29 is 77.6 Å². The monoisotopic (exact) mass is 867 g/mol. The van der Waals surface area contributed by atoms with Crippen LogP contribution in [0.2, 0.25) is 0 Å². The van der Waals surface area contributed by atoms with Gasteiger partial charge in [-0.2, -0.15) is 44.6 Å². The summed E-state index contributed by atoms with van der Waals surface area (Å²) in [5.74, 6) is -7.35. The minimum absolute atomic E-state index is 0.273. The molecule has 2 aromatic heterocycles. The van der Waals surface area contributed by atoms with Gasteiger partial charge in [-0.05, 0) is 48.0 Å². The predicted octanol–water partition coefficient (Wildman–Crippen LogP) is 6.07. The first-order valence-corrected chi connectivity index (χ1v) is 17.6. The van der Waals surface area contributed by atoms with Crippen molar-refractivity contribution >= 4 is 56.0 Å². The molecular weight excluding hydrogens is 837 g/mol. The number of carboxylic acid groups (broad SMARTS) is 3. The average Bonchev–Trinajstić information content (AvgIpc) is 3.73. The number of sulfonamides is 1. The summed E-state index contributed by atoms with van der Waals surface area (Å²) in [6.45, 7) is 3.13. The van der Waals surface area contributed by atoms with Crippen LogP contribution in [0.1, 0.15) is 0 Å². The summed E-state index contributed by atoms with van der Waals surface area (Å²) >= 11 is 0.